The number of Topliss-reactive ketones (excluding diaryl/α,β-unsaturated/α-hetero) is 1. The maximum atomic E-state index is 11.7. The van der Waals surface area contributed by atoms with Crippen molar-refractivity contribution in [3.8, 4) is 0 Å². The number of thioether (sulfide) groups is 1. The second kappa shape index (κ2) is 5.12. The highest BCUT2D eigenvalue weighted by atomic mass is 79.9. The third kappa shape index (κ3) is 4.34. The molecule has 1 rings (SSSR count). The van der Waals surface area contributed by atoms with Crippen molar-refractivity contribution in [2.75, 3.05) is 5.75 Å². The van der Waals surface area contributed by atoms with Gasteiger partial charge < -0.3 is 0 Å². The Morgan fingerprint density at radius 2 is 2.13 bits per heavy atom. The molecule has 15 heavy (non-hydrogen) atoms. The largest absolute Gasteiger partial charge is 0.298 e. The molecular weight excluding hydrogens is 274 g/mol. The van der Waals surface area contributed by atoms with Gasteiger partial charge in [0.25, 0.3) is 0 Å². The lowest BCUT2D eigenvalue weighted by molar-refractivity contribution is -0.123. The quantitative estimate of drug-likeness (QED) is 0.797. The maximum Gasteiger partial charge on any atom is 0.148 e. The highest BCUT2D eigenvalue weighted by Crippen LogP contribution is 2.24. The van der Waals surface area contributed by atoms with Gasteiger partial charge in [-0.15, -0.1) is 11.8 Å². The zero-order chi connectivity index (χ0) is 11.5. The van der Waals surface area contributed by atoms with Gasteiger partial charge in [0.2, 0.25) is 0 Å². The predicted octanol–water partition coefficient (Wildman–Crippen LogP) is 3.55. The van der Waals surface area contributed by atoms with E-state index in [4.69, 9.17) is 0 Å². The smallest absolute Gasteiger partial charge is 0.148 e. The molecule has 0 spiro atoms. The number of carbonyl (C=O) groups is 1. The van der Waals surface area contributed by atoms with E-state index in [1.807, 2.05) is 26.8 Å². The van der Waals surface area contributed by atoms with Gasteiger partial charge in [0, 0.05) is 27.2 Å². The van der Waals surface area contributed by atoms with Crippen LogP contribution in [0.2, 0.25) is 0 Å². The van der Waals surface area contributed by atoms with Gasteiger partial charge in [0.05, 0.1) is 5.75 Å². The van der Waals surface area contributed by atoms with Crippen molar-refractivity contribution in [1.29, 1.82) is 0 Å². The van der Waals surface area contributed by atoms with Gasteiger partial charge in [-0.05, 0) is 22.0 Å². The van der Waals surface area contributed by atoms with Crippen LogP contribution in [-0.2, 0) is 4.79 Å². The molecule has 0 atom stereocenters. The molecule has 0 aliphatic carbocycles. The molecule has 1 heterocycles. The zero-order valence-electron chi connectivity index (χ0n) is 9.08. The highest BCUT2D eigenvalue weighted by Gasteiger charge is 2.20. The number of aromatic nitrogens is 1. The molecule has 0 saturated heterocycles. The fourth-order valence-corrected chi connectivity index (χ4v) is 2.43. The summed E-state index contributed by atoms with van der Waals surface area (Å²) < 4.78 is 0.940. The fraction of sp³-hybridized carbons (Fsp3) is 0.455. The average molecular weight is 288 g/mol. The van der Waals surface area contributed by atoms with Crippen LogP contribution < -0.4 is 0 Å². The number of halogens is 1. The molecule has 0 bridgehead atoms. The monoisotopic (exact) mass is 287 g/mol. The van der Waals surface area contributed by atoms with Crippen LogP contribution in [0.15, 0.2) is 27.8 Å². The molecule has 0 fully saturated rings. The van der Waals surface area contributed by atoms with Crippen LogP contribution in [0, 0.1) is 5.41 Å². The Balaban J connectivity index is 2.55. The van der Waals surface area contributed by atoms with Gasteiger partial charge in [0.1, 0.15) is 5.78 Å². The van der Waals surface area contributed by atoms with Crippen LogP contribution >= 0.6 is 27.7 Å². The summed E-state index contributed by atoms with van der Waals surface area (Å²) in [7, 11) is 0. The Bertz CT molecular complexity index is 360. The fourth-order valence-electron chi connectivity index (χ4n) is 0.837. The Kier molecular flexibility index (Phi) is 4.34. The van der Waals surface area contributed by atoms with Crippen molar-refractivity contribution in [3.05, 3.63) is 22.9 Å². The van der Waals surface area contributed by atoms with Crippen LogP contribution in [0.3, 0.4) is 0 Å². The second-order valence-corrected chi connectivity index (χ2v) is 6.27. The summed E-state index contributed by atoms with van der Waals surface area (Å²) in [6.45, 7) is 5.82. The molecule has 1 aromatic rings. The van der Waals surface area contributed by atoms with Crippen molar-refractivity contribution >= 4 is 33.5 Å². The molecule has 82 valence electrons. The van der Waals surface area contributed by atoms with E-state index < -0.39 is 0 Å². The van der Waals surface area contributed by atoms with Crippen LogP contribution in [0.4, 0.5) is 0 Å². The second-order valence-electron chi connectivity index (χ2n) is 4.30. The zero-order valence-corrected chi connectivity index (χ0v) is 11.5. The summed E-state index contributed by atoms with van der Waals surface area (Å²) in [6.07, 6.45) is 3.50. The average Bonchev–Trinajstić information content (AvgIpc) is 2.12. The van der Waals surface area contributed by atoms with Crippen LogP contribution in [0.1, 0.15) is 20.8 Å². The highest BCUT2D eigenvalue weighted by molar-refractivity contribution is 9.10. The topological polar surface area (TPSA) is 30.0 Å². The molecule has 0 saturated carbocycles. The van der Waals surface area contributed by atoms with Gasteiger partial charge in [-0.2, -0.15) is 0 Å². The minimum Gasteiger partial charge on any atom is -0.298 e. The molecule has 0 amide bonds. The van der Waals surface area contributed by atoms with Crippen molar-refractivity contribution in [2.24, 2.45) is 5.41 Å². The van der Waals surface area contributed by atoms with E-state index in [1.165, 1.54) is 11.8 Å². The lowest BCUT2D eigenvalue weighted by atomic mass is 9.92. The minimum atomic E-state index is -0.257. The van der Waals surface area contributed by atoms with Crippen molar-refractivity contribution in [3.63, 3.8) is 0 Å². The molecular formula is C11H14BrNOS. The SMILES string of the molecule is CC(C)(C)C(=O)CSc1cncc(Br)c1. The van der Waals surface area contributed by atoms with E-state index in [0.29, 0.717) is 5.75 Å². The van der Waals surface area contributed by atoms with Gasteiger partial charge in [-0.3, -0.25) is 9.78 Å². The normalized spacial score (nSPS) is 11.5. The van der Waals surface area contributed by atoms with E-state index in [1.54, 1.807) is 12.4 Å². The van der Waals surface area contributed by atoms with Crippen LogP contribution in [-0.4, -0.2) is 16.5 Å². The number of rotatable bonds is 3. The van der Waals surface area contributed by atoms with E-state index >= 15 is 0 Å². The van der Waals surface area contributed by atoms with Gasteiger partial charge in [-0.1, -0.05) is 20.8 Å². The van der Waals surface area contributed by atoms with Crippen LogP contribution in [0.5, 0.6) is 0 Å². The molecule has 1 aromatic heterocycles. The number of carbonyl (C=O) groups excluding carboxylic acids is 1. The number of ketones is 1. The van der Waals surface area contributed by atoms with E-state index in [2.05, 4.69) is 20.9 Å². The molecule has 0 aliphatic heterocycles. The van der Waals surface area contributed by atoms with Crippen molar-refractivity contribution in [2.45, 2.75) is 25.7 Å². The summed E-state index contributed by atoms with van der Waals surface area (Å²) in [5.41, 5.74) is -0.257. The first-order valence-corrected chi connectivity index (χ1v) is 6.44. The van der Waals surface area contributed by atoms with Crippen LogP contribution in [0.25, 0.3) is 0 Å². The number of hydrogen-bond acceptors (Lipinski definition) is 3. The Labute approximate surface area is 103 Å². The Morgan fingerprint density at radius 1 is 1.47 bits per heavy atom. The third-order valence-corrected chi connectivity index (χ3v) is 3.28. The van der Waals surface area contributed by atoms with Crippen molar-refractivity contribution < 1.29 is 4.79 Å². The molecule has 0 aromatic carbocycles. The number of nitrogens with zero attached hydrogens (tertiary/aromatic N) is 1. The molecule has 0 aliphatic rings. The van der Waals surface area contributed by atoms with E-state index in [0.717, 1.165) is 9.37 Å². The first-order chi connectivity index (χ1) is 6.89. The maximum absolute atomic E-state index is 11.7. The van der Waals surface area contributed by atoms with Gasteiger partial charge in [-0.25, -0.2) is 0 Å². The molecule has 0 N–H and O–H groups in total. The van der Waals surface area contributed by atoms with Gasteiger partial charge >= 0.3 is 0 Å². The standard InChI is InChI=1S/C11H14BrNOS/c1-11(2,3)10(14)7-15-9-4-8(12)5-13-6-9/h4-6H,7H2,1-3H3. The number of pyridine rings is 1. The van der Waals surface area contributed by atoms with E-state index in [-0.39, 0.29) is 11.2 Å². The summed E-state index contributed by atoms with van der Waals surface area (Å²) >= 11 is 4.88. The summed E-state index contributed by atoms with van der Waals surface area (Å²) in [4.78, 5) is 16.7. The Hall–Kier alpha value is -0.350. The van der Waals surface area contributed by atoms with E-state index in [9.17, 15) is 4.79 Å². The number of hydrogen-bond donors (Lipinski definition) is 0. The first kappa shape index (κ1) is 12.7. The third-order valence-electron chi connectivity index (χ3n) is 1.89. The Morgan fingerprint density at radius 3 is 2.67 bits per heavy atom. The lowest BCUT2D eigenvalue weighted by Gasteiger charge is -2.15. The first-order valence-electron chi connectivity index (χ1n) is 4.66. The predicted molar refractivity (Wildman–Crippen MR) is 67.1 cm³/mol. The molecule has 2 nitrogen and oxygen atoms in total. The van der Waals surface area contributed by atoms with Gasteiger partial charge in [0.15, 0.2) is 0 Å². The molecule has 0 radical (unpaired) electrons. The van der Waals surface area contributed by atoms with Crippen molar-refractivity contribution in [1.82, 2.24) is 4.98 Å². The molecule has 0 unspecified atom stereocenters. The summed E-state index contributed by atoms with van der Waals surface area (Å²) in [6, 6.07) is 1.97. The molecule has 4 heteroatoms. The minimum absolute atomic E-state index is 0.257. The lowest BCUT2D eigenvalue weighted by Crippen LogP contribution is -2.21. The summed E-state index contributed by atoms with van der Waals surface area (Å²) in [5.74, 6) is 0.759. The summed E-state index contributed by atoms with van der Waals surface area (Å²) in [5, 5.41) is 0.